The van der Waals surface area contributed by atoms with Crippen molar-refractivity contribution in [3.8, 4) is 0 Å². The van der Waals surface area contributed by atoms with Crippen molar-refractivity contribution in [1.82, 2.24) is 4.90 Å². The van der Waals surface area contributed by atoms with Crippen LogP contribution in [0.25, 0.3) is 0 Å². The van der Waals surface area contributed by atoms with Gasteiger partial charge in [0.1, 0.15) is 5.82 Å². The Morgan fingerprint density at radius 2 is 2.19 bits per heavy atom. The van der Waals surface area contributed by atoms with Crippen LogP contribution in [0.3, 0.4) is 0 Å². The van der Waals surface area contributed by atoms with Crippen LogP contribution >= 0.6 is 11.6 Å². The Morgan fingerprint density at radius 1 is 1.48 bits per heavy atom. The second kappa shape index (κ2) is 6.32. The Bertz CT molecular complexity index is 513. The molecule has 1 aliphatic heterocycles. The second-order valence-corrected chi connectivity index (χ2v) is 6.82. The zero-order valence-electron chi connectivity index (χ0n) is 12.4. The van der Waals surface area contributed by atoms with Crippen molar-refractivity contribution in [1.29, 1.82) is 0 Å². The molecule has 1 saturated heterocycles. The first-order valence-electron chi connectivity index (χ1n) is 7.20. The van der Waals surface area contributed by atoms with Gasteiger partial charge in [0.05, 0.1) is 5.41 Å². The van der Waals surface area contributed by atoms with Crippen molar-refractivity contribution in [2.45, 2.75) is 33.2 Å². The molecule has 1 aromatic carbocycles. The van der Waals surface area contributed by atoms with Gasteiger partial charge in [-0.3, -0.25) is 9.69 Å². The molecule has 1 heterocycles. The average molecular weight is 314 g/mol. The summed E-state index contributed by atoms with van der Waals surface area (Å²) >= 11 is 5.87. The molecule has 1 atom stereocenters. The number of hydrogen-bond acceptors (Lipinski definition) is 2. The Labute approximate surface area is 129 Å². The zero-order chi connectivity index (χ0) is 15.6. The van der Waals surface area contributed by atoms with Crippen molar-refractivity contribution in [3.05, 3.63) is 34.6 Å². The van der Waals surface area contributed by atoms with Gasteiger partial charge in [0, 0.05) is 18.1 Å². The highest BCUT2D eigenvalue weighted by Gasteiger charge is 2.38. The maximum Gasteiger partial charge on any atom is 0.309 e. The Hall–Kier alpha value is -1.13. The lowest BCUT2D eigenvalue weighted by Crippen LogP contribution is -2.44. The summed E-state index contributed by atoms with van der Waals surface area (Å²) in [6.45, 7) is 5.78. The molecule has 116 valence electrons. The fourth-order valence-corrected chi connectivity index (χ4v) is 3.17. The van der Waals surface area contributed by atoms with Gasteiger partial charge in [-0.1, -0.05) is 11.6 Å². The van der Waals surface area contributed by atoms with Gasteiger partial charge < -0.3 is 5.11 Å². The minimum Gasteiger partial charge on any atom is -0.481 e. The lowest BCUT2D eigenvalue weighted by Gasteiger charge is -2.39. The predicted molar refractivity (Wildman–Crippen MR) is 80.8 cm³/mol. The highest BCUT2D eigenvalue weighted by Crippen LogP contribution is 2.34. The number of likely N-dealkylation sites (tertiary alicyclic amines) is 1. The molecule has 1 aliphatic rings. The first-order chi connectivity index (χ1) is 9.79. The molecule has 0 bridgehead atoms. The minimum atomic E-state index is -0.761. The molecule has 0 radical (unpaired) electrons. The van der Waals surface area contributed by atoms with Crippen molar-refractivity contribution in [3.63, 3.8) is 0 Å². The monoisotopic (exact) mass is 313 g/mol. The number of benzene rings is 1. The molecule has 0 amide bonds. The highest BCUT2D eigenvalue weighted by atomic mass is 35.5. The van der Waals surface area contributed by atoms with E-state index in [4.69, 9.17) is 11.6 Å². The van der Waals surface area contributed by atoms with Crippen molar-refractivity contribution >= 4 is 17.6 Å². The van der Waals surface area contributed by atoms with Crippen LogP contribution in [0.4, 0.5) is 4.39 Å². The number of aliphatic carboxylic acids is 1. The van der Waals surface area contributed by atoms with E-state index >= 15 is 0 Å². The third-order valence-corrected chi connectivity index (χ3v) is 4.62. The molecule has 5 heteroatoms. The van der Waals surface area contributed by atoms with Gasteiger partial charge in [-0.2, -0.15) is 0 Å². The van der Waals surface area contributed by atoms with Gasteiger partial charge in [0.25, 0.3) is 0 Å². The predicted octanol–water partition coefficient (Wildman–Crippen LogP) is 3.80. The molecular weight excluding hydrogens is 293 g/mol. The Kier molecular flexibility index (Phi) is 4.89. The van der Waals surface area contributed by atoms with Crippen LogP contribution in [0.15, 0.2) is 18.2 Å². The van der Waals surface area contributed by atoms with Crippen LogP contribution < -0.4 is 0 Å². The van der Waals surface area contributed by atoms with E-state index in [9.17, 15) is 14.3 Å². The Morgan fingerprint density at radius 3 is 2.81 bits per heavy atom. The van der Waals surface area contributed by atoms with E-state index in [2.05, 4.69) is 4.90 Å². The summed E-state index contributed by atoms with van der Waals surface area (Å²) in [5, 5.41) is 9.75. The molecule has 1 unspecified atom stereocenters. The second-order valence-electron chi connectivity index (χ2n) is 6.38. The largest absolute Gasteiger partial charge is 0.481 e. The Balaban J connectivity index is 2.06. The van der Waals surface area contributed by atoms with E-state index in [1.54, 1.807) is 19.9 Å². The van der Waals surface area contributed by atoms with Gasteiger partial charge in [0.15, 0.2) is 0 Å². The van der Waals surface area contributed by atoms with E-state index in [1.165, 1.54) is 12.1 Å². The topological polar surface area (TPSA) is 40.5 Å². The van der Waals surface area contributed by atoms with Gasteiger partial charge in [-0.15, -0.1) is 0 Å². The van der Waals surface area contributed by atoms with Crippen molar-refractivity contribution in [2.24, 2.45) is 11.3 Å². The summed E-state index contributed by atoms with van der Waals surface area (Å²) in [7, 11) is 0. The van der Waals surface area contributed by atoms with Gasteiger partial charge in [0.2, 0.25) is 0 Å². The van der Waals surface area contributed by atoms with E-state index in [1.807, 2.05) is 0 Å². The minimum absolute atomic E-state index is 0.104. The summed E-state index contributed by atoms with van der Waals surface area (Å²) in [6.07, 6.45) is 1.88. The molecular formula is C16H21ClFNO2. The maximum atomic E-state index is 13.4. The van der Waals surface area contributed by atoms with Crippen LogP contribution in [-0.4, -0.2) is 29.1 Å². The molecule has 2 rings (SSSR count). The van der Waals surface area contributed by atoms with E-state index < -0.39 is 11.4 Å². The maximum absolute atomic E-state index is 13.4. The van der Waals surface area contributed by atoms with Crippen molar-refractivity contribution in [2.75, 3.05) is 13.1 Å². The first kappa shape index (κ1) is 16.2. The lowest BCUT2D eigenvalue weighted by atomic mass is 9.74. The number of rotatable bonds is 4. The third-order valence-electron chi connectivity index (χ3n) is 4.41. The number of nitrogens with zero attached hydrogens (tertiary/aromatic N) is 1. The molecule has 1 N–H and O–H groups in total. The molecule has 1 fully saturated rings. The summed E-state index contributed by atoms with van der Waals surface area (Å²) < 4.78 is 13.4. The highest BCUT2D eigenvalue weighted by molar-refractivity contribution is 6.30. The standard InChI is InChI=1S/C16H21ClFNO2/c1-16(2,15(20)21)12-4-3-5-19(10-12)9-11-6-13(17)8-14(18)7-11/h6-8,12H,3-5,9-10H2,1-2H3,(H,20,21). The molecule has 0 aliphatic carbocycles. The van der Waals surface area contributed by atoms with Crippen LogP contribution in [0.2, 0.25) is 5.02 Å². The lowest BCUT2D eigenvalue weighted by molar-refractivity contribution is -0.151. The van der Waals surface area contributed by atoms with Gasteiger partial charge in [-0.05, 0) is 62.9 Å². The fraction of sp³-hybridized carbons (Fsp3) is 0.562. The third kappa shape index (κ3) is 3.95. The SMILES string of the molecule is CC(C)(C(=O)O)C1CCCN(Cc2cc(F)cc(Cl)c2)C1. The zero-order valence-corrected chi connectivity index (χ0v) is 13.2. The quantitative estimate of drug-likeness (QED) is 0.919. The molecule has 3 nitrogen and oxygen atoms in total. The van der Waals surface area contributed by atoms with E-state index in [0.717, 1.165) is 24.9 Å². The van der Waals surface area contributed by atoms with Crippen LogP contribution in [0, 0.1) is 17.2 Å². The summed E-state index contributed by atoms with van der Waals surface area (Å²) in [4.78, 5) is 13.6. The van der Waals surface area contributed by atoms with E-state index in [-0.39, 0.29) is 11.7 Å². The van der Waals surface area contributed by atoms with Gasteiger partial charge in [-0.25, -0.2) is 4.39 Å². The van der Waals surface area contributed by atoms with Crippen LogP contribution in [0.1, 0.15) is 32.3 Å². The fourth-order valence-electron chi connectivity index (χ4n) is 2.92. The van der Waals surface area contributed by atoms with Crippen LogP contribution in [-0.2, 0) is 11.3 Å². The smallest absolute Gasteiger partial charge is 0.309 e. The van der Waals surface area contributed by atoms with Crippen LogP contribution in [0.5, 0.6) is 0 Å². The number of hydrogen-bond donors (Lipinski definition) is 1. The number of carbonyl (C=O) groups is 1. The number of carboxylic acid groups (broad SMARTS) is 1. The molecule has 1 aromatic rings. The number of piperidine rings is 1. The summed E-state index contributed by atoms with van der Waals surface area (Å²) in [5.41, 5.74) is 0.0897. The molecule has 21 heavy (non-hydrogen) atoms. The molecule has 0 saturated carbocycles. The van der Waals surface area contributed by atoms with E-state index in [0.29, 0.717) is 18.1 Å². The van der Waals surface area contributed by atoms with Crippen molar-refractivity contribution < 1.29 is 14.3 Å². The molecule has 0 aromatic heterocycles. The average Bonchev–Trinajstić information content (AvgIpc) is 2.37. The molecule has 0 spiro atoms. The summed E-state index contributed by atoms with van der Waals surface area (Å²) in [6, 6.07) is 4.53. The van der Waals surface area contributed by atoms with Gasteiger partial charge >= 0.3 is 5.97 Å². The number of carboxylic acids is 1. The normalized spacial score (nSPS) is 20.5. The summed E-state index contributed by atoms with van der Waals surface area (Å²) in [5.74, 6) is -0.993. The number of halogens is 2. The first-order valence-corrected chi connectivity index (χ1v) is 7.57.